The number of aliphatic carboxylic acids is 1. The minimum absolute atomic E-state index is 0.176. The Morgan fingerprint density at radius 3 is 2.00 bits per heavy atom. The van der Waals surface area contributed by atoms with Crippen LogP contribution in [0.2, 0.25) is 0 Å². The molecule has 0 aromatic carbocycles. The smallest absolute Gasteiger partial charge is 0.322 e. The summed E-state index contributed by atoms with van der Waals surface area (Å²) in [7, 11) is 0. The van der Waals surface area contributed by atoms with E-state index >= 15 is 0 Å². The second-order valence-corrected chi connectivity index (χ2v) is 5.72. The number of amides is 4. The van der Waals surface area contributed by atoms with Crippen molar-refractivity contribution in [1.29, 1.82) is 0 Å². The molecule has 0 bridgehead atoms. The molecule has 0 aliphatic heterocycles. The zero-order valence-electron chi connectivity index (χ0n) is 14.0. The van der Waals surface area contributed by atoms with E-state index in [1.165, 1.54) is 6.92 Å². The van der Waals surface area contributed by atoms with E-state index in [1.807, 2.05) is 5.32 Å². The maximum absolute atomic E-state index is 12.2. The number of hydrogen-bond donors (Lipinski definition) is 8. The van der Waals surface area contributed by atoms with Crippen LogP contribution in [-0.4, -0.2) is 76.3 Å². The third-order valence-electron chi connectivity index (χ3n) is 3.09. The van der Waals surface area contributed by atoms with Gasteiger partial charge in [0.25, 0.3) is 0 Å². The average molecular weight is 393 g/mol. The first kappa shape index (κ1) is 23.6. The Morgan fingerprint density at radius 1 is 1.04 bits per heavy atom. The summed E-state index contributed by atoms with van der Waals surface area (Å²) in [6.07, 6.45) is -1.75. The van der Waals surface area contributed by atoms with Gasteiger partial charge in [-0.25, -0.2) is 0 Å². The zero-order valence-corrected chi connectivity index (χ0v) is 14.9. The molecule has 12 nitrogen and oxygen atoms in total. The van der Waals surface area contributed by atoms with E-state index in [9.17, 15) is 29.1 Å². The lowest BCUT2D eigenvalue weighted by molar-refractivity contribution is -0.138. The highest BCUT2D eigenvalue weighted by molar-refractivity contribution is 7.80. The van der Waals surface area contributed by atoms with Gasteiger partial charge < -0.3 is 37.6 Å². The number of nitrogens with two attached hydrogens (primary N) is 2. The number of carboxylic acids is 1. The van der Waals surface area contributed by atoms with Crippen LogP contribution in [0.3, 0.4) is 0 Å². The minimum atomic E-state index is -1.44. The van der Waals surface area contributed by atoms with Crippen LogP contribution in [0.1, 0.15) is 13.3 Å². The number of carbonyl (C=O) groups is 5. The minimum Gasteiger partial charge on any atom is -0.480 e. The SMILES string of the molecule is CC(O)C(N)C(=O)NC(CS)C(=O)NC(CC(N)=O)C(=O)NCC(=O)O. The molecular weight excluding hydrogens is 370 g/mol. The standard InChI is InChI=1S/C13H23N5O7S/c1-5(19)10(15)13(25)18-7(4-26)12(24)17-6(2-8(14)20)11(23)16-3-9(21)22/h5-7,10,19,26H,2-4,15H2,1H3,(H2,14,20)(H,16,23)(H,17,24)(H,18,25)(H,21,22). The Bertz CT molecular complexity index is 557. The number of primary amides is 1. The highest BCUT2D eigenvalue weighted by Gasteiger charge is 2.29. The highest BCUT2D eigenvalue weighted by Crippen LogP contribution is 1.98. The first-order valence-corrected chi connectivity index (χ1v) is 8.05. The Balaban J connectivity index is 5.01. The summed E-state index contributed by atoms with van der Waals surface area (Å²) in [5.41, 5.74) is 10.5. The van der Waals surface area contributed by atoms with Crippen LogP contribution >= 0.6 is 12.6 Å². The van der Waals surface area contributed by atoms with E-state index in [-0.39, 0.29) is 5.75 Å². The fourth-order valence-electron chi connectivity index (χ4n) is 1.65. The molecule has 4 amide bonds. The number of thiol groups is 1. The van der Waals surface area contributed by atoms with Gasteiger partial charge in [0.15, 0.2) is 0 Å². The lowest BCUT2D eigenvalue weighted by Crippen LogP contribution is -2.58. The van der Waals surface area contributed by atoms with Crippen LogP contribution < -0.4 is 27.4 Å². The van der Waals surface area contributed by atoms with E-state index in [4.69, 9.17) is 16.6 Å². The first-order chi connectivity index (χ1) is 12.0. The van der Waals surface area contributed by atoms with E-state index in [0.717, 1.165) is 0 Å². The normalized spacial score (nSPS) is 15.1. The van der Waals surface area contributed by atoms with E-state index in [0.29, 0.717) is 0 Å². The van der Waals surface area contributed by atoms with Crippen LogP contribution in [0.5, 0.6) is 0 Å². The third kappa shape index (κ3) is 8.64. The summed E-state index contributed by atoms with van der Waals surface area (Å²) in [5, 5.41) is 24.3. The van der Waals surface area contributed by atoms with Gasteiger partial charge in [-0.3, -0.25) is 24.0 Å². The monoisotopic (exact) mass is 393 g/mol. The van der Waals surface area contributed by atoms with Crippen molar-refractivity contribution in [2.45, 2.75) is 37.6 Å². The Labute approximate surface area is 154 Å². The van der Waals surface area contributed by atoms with Crippen molar-refractivity contribution in [3.8, 4) is 0 Å². The number of carboxylic acid groups (broad SMARTS) is 1. The maximum Gasteiger partial charge on any atom is 0.322 e. The molecule has 0 aromatic rings. The second-order valence-electron chi connectivity index (χ2n) is 5.35. The Hall–Kier alpha value is -2.38. The van der Waals surface area contributed by atoms with E-state index in [1.54, 1.807) is 0 Å². The zero-order chi connectivity index (χ0) is 20.4. The predicted molar refractivity (Wildman–Crippen MR) is 91.8 cm³/mol. The average Bonchev–Trinajstić information content (AvgIpc) is 2.54. The van der Waals surface area contributed by atoms with Crippen molar-refractivity contribution in [2.24, 2.45) is 11.5 Å². The lowest BCUT2D eigenvalue weighted by Gasteiger charge is -2.23. The van der Waals surface area contributed by atoms with Crippen molar-refractivity contribution >= 4 is 42.2 Å². The van der Waals surface area contributed by atoms with Gasteiger partial charge in [-0.2, -0.15) is 12.6 Å². The molecule has 4 unspecified atom stereocenters. The van der Waals surface area contributed by atoms with Gasteiger partial charge in [-0.15, -0.1) is 0 Å². The summed E-state index contributed by atoms with van der Waals surface area (Å²) >= 11 is 3.91. The molecule has 0 fully saturated rings. The van der Waals surface area contributed by atoms with Gasteiger partial charge in [0, 0.05) is 5.75 Å². The molecule has 0 radical (unpaired) electrons. The number of nitrogens with one attached hydrogen (secondary N) is 3. The van der Waals surface area contributed by atoms with Crippen LogP contribution in [0.15, 0.2) is 0 Å². The van der Waals surface area contributed by atoms with E-state index < -0.39 is 66.8 Å². The summed E-state index contributed by atoms with van der Waals surface area (Å²) in [4.78, 5) is 57.5. The Morgan fingerprint density at radius 2 is 1.58 bits per heavy atom. The summed E-state index contributed by atoms with van der Waals surface area (Å²) in [5.74, 6) is -5.05. The molecule has 26 heavy (non-hydrogen) atoms. The maximum atomic E-state index is 12.2. The summed E-state index contributed by atoms with van der Waals surface area (Å²) in [6, 6.07) is -3.95. The molecule has 0 rings (SSSR count). The van der Waals surface area contributed by atoms with Crippen LogP contribution in [-0.2, 0) is 24.0 Å². The molecular formula is C13H23N5O7S. The molecule has 4 atom stereocenters. The quantitative estimate of drug-likeness (QED) is 0.160. The molecule has 0 spiro atoms. The topological polar surface area (TPSA) is 214 Å². The molecule has 0 saturated heterocycles. The fourth-order valence-corrected chi connectivity index (χ4v) is 1.91. The summed E-state index contributed by atoms with van der Waals surface area (Å²) in [6.45, 7) is 0.565. The highest BCUT2D eigenvalue weighted by atomic mass is 32.1. The largest absolute Gasteiger partial charge is 0.480 e. The predicted octanol–water partition coefficient (Wildman–Crippen LogP) is -4.33. The lowest BCUT2D eigenvalue weighted by atomic mass is 10.1. The molecule has 13 heteroatoms. The second kappa shape index (κ2) is 11.3. The molecule has 9 N–H and O–H groups in total. The van der Waals surface area contributed by atoms with Crippen molar-refractivity contribution in [3.63, 3.8) is 0 Å². The number of carbonyl (C=O) groups excluding carboxylic acids is 4. The third-order valence-corrected chi connectivity index (χ3v) is 3.46. The van der Waals surface area contributed by atoms with Gasteiger partial charge in [0.05, 0.1) is 12.5 Å². The molecule has 0 aliphatic carbocycles. The van der Waals surface area contributed by atoms with Gasteiger partial charge in [-0.1, -0.05) is 0 Å². The van der Waals surface area contributed by atoms with Crippen LogP contribution in [0.25, 0.3) is 0 Å². The molecule has 0 aliphatic rings. The number of aliphatic hydroxyl groups is 1. The number of aliphatic hydroxyl groups excluding tert-OH is 1. The van der Waals surface area contributed by atoms with Crippen LogP contribution in [0.4, 0.5) is 0 Å². The number of rotatable bonds is 11. The van der Waals surface area contributed by atoms with Crippen molar-refractivity contribution in [3.05, 3.63) is 0 Å². The van der Waals surface area contributed by atoms with Gasteiger partial charge in [0.2, 0.25) is 23.6 Å². The van der Waals surface area contributed by atoms with Crippen molar-refractivity contribution < 1.29 is 34.2 Å². The molecule has 0 heterocycles. The molecule has 0 aromatic heterocycles. The molecule has 148 valence electrons. The Kier molecular flexibility index (Phi) is 10.2. The van der Waals surface area contributed by atoms with Crippen LogP contribution in [0, 0.1) is 0 Å². The first-order valence-electron chi connectivity index (χ1n) is 7.42. The fraction of sp³-hybridized carbons (Fsp3) is 0.615. The van der Waals surface area contributed by atoms with Gasteiger partial charge >= 0.3 is 5.97 Å². The van der Waals surface area contributed by atoms with Crippen molar-refractivity contribution in [2.75, 3.05) is 12.3 Å². The number of hydrogen-bond acceptors (Lipinski definition) is 8. The van der Waals surface area contributed by atoms with Gasteiger partial charge in [0.1, 0.15) is 24.7 Å². The van der Waals surface area contributed by atoms with Gasteiger partial charge in [-0.05, 0) is 6.92 Å². The summed E-state index contributed by atoms with van der Waals surface area (Å²) < 4.78 is 0. The van der Waals surface area contributed by atoms with Crippen molar-refractivity contribution in [1.82, 2.24) is 16.0 Å². The molecule has 0 saturated carbocycles. The van der Waals surface area contributed by atoms with E-state index in [2.05, 4.69) is 23.3 Å².